The second-order valence-electron chi connectivity index (χ2n) is 6.85. The molecule has 0 radical (unpaired) electrons. The Morgan fingerprint density at radius 1 is 0.929 bits per heavy atom. The zero-order chi connectivity index (χ0) is 19.3. The van der Waals surface area contributed by atoms with Crippen LogP contribution in [0.5, 0.6) is 5.75 Å². The van der Waals surface area contributed by atoms with E-state index in [0.29, 0.717) is 0 Å². The van der Waals surface area contributed by atoms with E-state index in [2.05, 4.69) is 36.2 Å². The van der Waals surface area contributed by atoms with E-state index in [4.69, 9.17) is 4.74 Å². The van der Waals surface area contributed by atoms with E-state index in [-0.39, 0.29) is 5.82 Å². The number of aromatic amines is 1. The molecule has 0 amide bonds. The molecule has 0 aliphatic carbocycles. The summed E-state index contributed by atoms with van der Waals surface area (Å²) < 4.78 is 20.3. The SMILES string of the molecule is COc1ccc2[nH]c(-c3sc4ccccc4c3C)c(-c3ccc(F)cc3)c2c1. The van der Waals surface area contributed by atoms with E-state index in [1.165, 1.54) is 32.7 Å². The Hall–Kier alpha value is -3.11. The smallest absolute Gasteiger partial charge is 0.123 e. The minimum atomic E-state index is -0.235. The molecular weight excluding hydrogens is 369 g/mol. The molecule has 5 aromatic rings. The molecule has 0 aliphatic rings. The maximum Gasteiger partial charge on any atom is 0.123 e. The molecule has 2 nitrogen and oxygen atoms in total. The van der Waals surface area contributed by atoms with E-state index >= 15 is 0 Å². The molecule has 2 heterocycles. The number of aryl methyl sites for hydroxylation is 1. The summed E-state index contributed by atoms with van der Waals surface area (Å²) in [5.41, 5.74) is 5.40. The number of hydrogen-bond donors (Lipinski definition) is 1. The highest BCUT2D eigenvalue weighted by atomic mass is 32.1. The van der Waals surface area contributed by atoms with Crippen molar-refractivity contribution in [3.8, 4) is 27.4 Å². The fourth-order valence-corrected chi connectivity index (χ4v) is 5.01. The van der Waals surface area contributed by atoms with Gasteiger partial charge in [-0.05, 0) is 59.8 Å². The van der Waals surface area contributed by atoms with E-state index in [1.54, 1.807) is 18.4 Å². The summed E-state index contributed by atoms with van der Waals surface area (Å²) in [4.78, 5) is 4.81. The number of hydrogen-bond acceptors (Lipinski definition) is 2. The van der Waals surface area contributed by atoms with Crippen LogP contribution in [-0.4, -0.2) is 12.1 Å². The fourth-order valence-electron chi connectivity index (χ4n) is 3.80. The number of ether oxygens (including phenoxy) is 1. The summed E-state index contributed by atoms with van der Waals surface area (Å²) in [6.45, 7) is 2.16. The van der Waals surface area contributed by atoms with Crippen molar-refractivity contribution in [1.29, 1.82) is 0 Å². The quantitative estimate of drug-likeness (QED) is 0.349. The Morgan fingerprint density at radius 3 is 2.46 bits per heavy atom. The Kier molecular flexibility index (Phi) is 3.95. The van der Waals surface area contributed by atoms with Crippen molar-refractivity contribution in [1.82, 2.24) is 4.98 Å². The van der Waals surface area contributed by atoms with Crippen LogP contribution in [0, 0.1) is 12.7 Å². The highest BCUT2D eigenvalue weighted by Crippen LogP contribution is 2.45. The highest BCUT2D eigenvalue weighted by Gasteiger charge is 2.20. The molecule has 1 N–H and O–H groups in total. The third-order valence-corrected chi connectivity index (χ3v) is 6.50. The van der Waals surface area contributed by atoms with Gasteiger partial charge >= 0.3 is 0 Å². The molecule has 4 heteroatoms. The van der Waals surface area contributed by atoms with Crippen LogP contribution in [-0.2, 0) is 0 Å². The lowest BCUT2D eigenvalue weighted by Crippen LogP contribution is -1.84. The molecule has 0 bridgehead atoms. The van der Waals surface area contributed by atoms with E-state index in [1.807, 2.05) is 30.3 Å². The van der Waals surface area contributed by atoms with Crippen molar-refractivity contribution in [2.24, 2.45) is 0 Å². The second-order valence-corrected chi connectivity index (χ2v) is 7.90. The molecule has 0 saturated heterocycles. The average molecular weight is 387 g/mol. The van der Waals surface area contributed by atoms with Crippen LogP contribution in [0.3, 0.4) is 0 Å². The summed E-state index contributed by atoms with van der Waals surface area (Å²) in [6.07, 6.45) is 0. The third-order valence-electron chi connectivity index (χ3n) is 5.21. The molecule has 138 valence electrons. The van der Waals surface area contributed by atoms with E-state index in [9.17, 15) is 4.39 Å². The average Bonchev–Trinajstić information content (AvgIpc) is 3.26. The van der Waals surface area contributed by atoms with Crippen LogP contribution in [0.15, 0.2) is 66.7 Å². The van der Waals surface area contributed by atoms with Crippen molar-refractivity contribution in [3.05, 3.63) is 78.1 Å². The fraction of sp³-hybridized carbons (Fsp3) is 0.0833. The maximum atomic E-state index is 13.6. The molecule has 0 saturated carbocycles. The van der Waals surface area contributed by atoms with Gasteiger partial charge in [-0.15, -0.1) is 11.3 Å². The first-order valence-corrected chi connectivity index (χ1v) is 9.91. The highest BCUT2D eigenvalue weighted by molar-refractivity contribution is 7.22. The minimum absolute atomic E-state index is 0.235. The van der Waals surface area contributed by atoms with Crippen molar-refractivity contribution in [2.45, 2.75) is 6.92 Å². The Balaban J connectivity index is 1.86. The van der Waals surface area contributed by atoms with Crippen LogP contribution in [0.2, 0.25) is 0 Å². The van der Waals surface area contributed by atoms with Crippen LogP contribution in [0.4, 0.5) is 4.39 Å². The van der Waals surface area contributed by atoms with Crippen LogP contribution in [0.25, 0.3) is 42.7 Å². The van der Waals surface area contributed by atoms with Gasteiger partial charge in [-0.2, -0.15) is 0 Å². The lowest BCUT2D eigenvalue weighted by molar-refractivity contribution is 0.415. The normalized spacial score (nSPS) is 11.4. The number of fused-ring (bicyclic) bond motifs is 2. The minimum Gasteiger partial charge on any atom is -0.497 e. The number of halogens is 1. The number of thiophene rings is 1. The predicted molar refractivity (Wildman–Crippen MR) is 116 cm³/mol. The number of nitrogens with one attached hydrogen (secondary N) is 1. The molecule has 0 unspecified atom stereocenters. The largest absolute Gasteiger partial charge is 0.497 e. The molecule has 0 aliphatic heterocycles. The number of rotatable bonds is 3. The van der Waals surface area contributed by atoms with Gasteiger partial charge in [-0.25, -0.2) is 4.39 Å². The van der Waals surface area contributed by atoms with Gasteiger partial charge in [0.15, 0.2) is 0 Å². The van der Waals surface area contributed by atoms with Crippen LogP contribution in [0.1, 0.15) is 5.56 Å². The monoisotopic (exact) mass is 387 g/mol. The van der Waals surface area contributed by atoms with Gasteiger partial charge < -0.3 is 9.72 Å². The molecular formula is C24H18FNOS. The predicted octanol–water partition coefficient (Wildman–Crippen LogP) is 7.17. The topological polar surface area (TPSA) is 25.0 Å². The molecule has 28 heavy (non-hydrogen) atoms. The maximum absolute atomic E-state index is 13.6. The Labute approximate surface area is 166 Å². The van der Waals surface area contributed by atoms with Gasteiger partial charge in [0.2, 0.25) is 0 Å². The summed E-state index contributed by atoms with van der Waals surface area (Å²) in [5, 5.41) is 2.33. The number of benzene rings is 3. The first-order chi connectivity index (χ1) is 13.7. The summed E-state index contributed by atoms with van der Waals surface area (Å²) >= 11 is 1.78. The Bertz CT molecular complexity index is 1310. The van der Waals surface area contributed by atoms with E-state index < -0.39 is 0 Å². The zero-order valence-electron chi connectivity index (χ0n) is 15.5. The van der Waals surface area contributed by atoms with Crippen LogP contribution >= 0.6 is 11.3 Å². The van der Waals surface area contributed by atoms with Crippen molar-refractivity contribution in [3.63, 3.8) is 0 Å². The first kappa shape index (κ1) is 17.0. The van der Waals surface area contributed by atoms with Crippen molar-refractivity contribution >= 4 is 32.3 Å². The van der Waals surface area contributed by atoms with Gasteiger partial charge in [0.25, 0.3) is 0 Å². The van der Waals surface area contributed by atoms with Crippen molar-refractivity contribution in [2.75, 3.05) is 7.11 Å². The Morgan fingerprint density at radius 2 is 1.71 bits per heavy atom. The zero-order valence-corrected chi connectivity index (χ0v) is 16.4. The summed E-state index contributed by atoms with van der Waals surface area (Å²) in [5.74, 6) is 0.565. The van der Waals surface area contributed by atoms with E-state index in [0.717, 1.165) is 33.5 Å². The van der Waals surface area contributed by atoms with Gasteiger partial charge in [0, 0.05) is 21.2 Å². The standard InChI is InChI=1S/C24H18FNOS/c1-14-18-5-3-4-6-21(18)28-24(14)23-22(15-7-9-16(25)10-8-15)19-13-17(27-2)11-12-20(19)26-23/h3-13,26H,1-2H3. The molecule has 3 aromatic carbocycles. The lowest BCUT2D eigenvalue weighted by atomic mass is 9.99. The number of aromatic nitrogens is 1. The van der Waals surface area contributed by atoms with Crippen molar-refractivity contribution < 1.29 is 9.13 Å². The van der Waals surface area contributed by atoms with Gasteiger partial charge in [0.1, 0.15) is 11.6 Å². The third kappa shape index (κ3) is 2.60. The molecule has 0 fully saturated rings. The van der Waals surface area contributed by atoms with Gasteiger partial charge in [-0.1, -0.05) is 30.3 Å². The van der Waals surface area contributed by atoms with Crippen LogP contribution < -0.4 is 4.74 Å². The summed E-state index contributed by atoms with van der Waals surface area (Å²) in [7, 11) is 1.67. The van der Waals surface area contributed by atoms with Gasteiger partial charge in [0.05, 0.1) is 17.7 Å². The molecule has 0 spiro atoms. The van der Waals surface area contributed by atoms with Gasteiger partial charge in [-0.3, -0.25) is 0 Å². The number of H-pyrrole nitrogens is 1. The molecule has 5 rings (SSSR count). The molecule has 0 atom stereocenters. The lowest BCUT2D eigenvalue weighted by Gasteiger charge is -2.06. The second kappa shape index (κ2) is 6.50. The molecule has 2 aromatic heterocycles. The number of methoxy groups -OCH3 is 1. The first-order valence-electron chi connectivity index (χ1n) is 9.10. The summed E-state index contributed by atoms with van der Waals surface area (Å²) in [6, 6.07) is 21.2.